The van der Waals surface area contributed by atoms with Crippen LogP contribution in [0.3, 0.4) is 0 Å². The van der Waals surface area contributed by atoms with Gasteiger partial charge >= 0.3 is 0 Å². The summed E-state index contributed by atoms with van der Waals surface area (Å²) in [7, 11) is 0. The highest BCUT2D eigenvalue weighted by atomic mass is 32.1. The average Bonchev–Trinajstić information content (AvgIpc) is 4.14. The van der Waals surface area contributed by atoms with Gasteiger partial charge in [-0.05, 0) is 102 Å². The van der Waals surface area contributed by atoms with Crippen molar-refractivity contribution in [2.75, 3.05) is 22.9 Å². The van der Waals surface area contributed by atoms with Gasteiger partial charge < -0.3 is 22.9 Å². The molecule has 0 bridgehead atoms. The van der Waals surface area contributed by atoms with Crippen LogP contribution in [0.25, 0.3) is 64.1 Å². The maximum Gasteiger partial charge on any atom is 0.0665 e. The lowest BCUT2D eigenvalue weighted by Gasteiger charge is -2.18. The molecule has 0 saturated carbocycles. The number of rotatable bonds is 12. The molecule has 2 aromatic heterocycles. The highest BCUT2D eigenvalue weighted by Gasteiger charge is 2.24. The molecule has 0 saturated heterocycles. The molecule has 0 atom stereocenters. The lowest BCUT2D eigenvalue weighted by atomic mass is 9.85. The number of thiophene rings is 2. The van der Waals surface area contributed by atoms with E-state index in [0.717, 1.165) is 86.3 Å². The van der Waals surface area contributed by atoms with Crippen molar-refractivity contribution in [1.29, 1.82) is 0 Å². The summed E-state index contributed by atoms with van der Waals surface area (Å²) in [6, 6.07) is 89.7. The minimum absolute atomic E-state index is 0.416. The number of nitrogen functional groups attached to an aromatic ring is 4. The van der Waals surface area contributed by atoms with E-state index in [4.69, 9.17) is 22.9 Å². The van der Waals surface area contributed by atoms with Crippen molar-refractivity contribution in [1.82, 2.24) is 0 Å². The molecule has 0 unspecified atom stereocenters. The molecule has 8 N–H and O–H groups in total. The molecule has 11 aromatic rings. The summed E-state index contributed by atoms with van der Waals surface area (Å²) in [6.45, 7) is 0. The first-order valence-corrected chi connectivity index (χ1v) is 25.5. The fourth-order valence-corrected chi connectivity index (χ4v) is 11.8. The molecule has 0 aliphatic rings. The Hall–Kier alpha value is -8.94. The fourth-order valence-electron chi connectivity index (χ4n) is 9.67. The van der Waals surface area contributed by atoms with Gasteiger partial charge in [-0.3, -0.25) is 0 Å². The first-order valence-electron chi connectivity index (χ1n) is 23.9. The van der Waals surface area contributed by atoms with Crippen molar-refractivity contribution >= 4 is 67.7 Å². The number of hydrogen-bond acceptors (Lipinski definition) is 6. The summed E-state index contributed by atoms with van der Waals surface area (Å²) in [5.74, 6) is 0. The predicted molar refractivity (Wildman–Crippen MR) is 310 cm³/mol. The standard InChI is InChI=1S/C66H50N4S2/c67-63-61(55-41-39-53(71-55)43-31-35-51(36-32-43)59(49-27-15-5-16-28-49)57(45-19-7-1-8-20-45)46-21-9-2-10-22-46)64(68)66(70)62(65(63)69)56-42-40-54(72-56)44-33-37-52(38-34-44)60(50-29-17-6-18-30-50)58(47-23-11-3-12-24-47)48-25-13-4-14-26-48/h1-42H,67-70H2. The van der Waals surface area contributed by atoms with Gasteiger partial charge in [0.25, 0.3) is 0 Å². The van der Waals surface area contributed by atoms with E-state index in [1.807, 2.05) is 0 Å². The van der Waals surface area contributed by atoms with Crippen LogP contribution in [0.2, 0.25) is 0 Å². The Morgan fingerprint density at radius 3 is 0.625 bits per heavy atom. The lowest BCUT2D eigenvalue weighted by Crippen LogP contribution is -2.07. The largest absolute Gasteiger partial charge is 0.396 e. The van der Waals surface area contributed by atoms with E-state index < -0.39 is 0 Å². The van der Waals surface area contributed by atoms with Gasteiger partial charge in [-0.1, -0.05) is 231 Å². The molecule has 0 aliphatic heterocycles. The van der Waals surface area contributed by atoms with E-state index >= 15 is 0 Å². The van der Waals surface area contributed by atoms with Crippen molar-refractivity contribution in [3.8, 4) is 41.8 Å². The Labute approximate surface area is 429 Å². The van der Waals surface area contributed by atoms with Crippen LogP contribution in [-0.2, 0) is 0 Å². The van der Waals surface area contributed by atoms with Gasteiger partial charge in [-0.2, -0.15) is 0 Å². The Bertz CT molecular complexity index is 3350. The van der Waals surface area contributed by atoms with Crippen molar-refractivity contribution < 1.29 is 0 Å². The first kappa shape index (κ1) is 45.5. The molecule has 11 rings (SSSR count). The molecular formula is C66H50N4S2. The quantitative estimate of drug-likeness (QED) is 0.0723. The highest BCUT2D eigenvalue weighted by molar-refractivity contribution is 7.19. The zero-order chi connectivity index (χ0) is 49.0. The van der Waals surface area contributed by atoms with Crippen LogP contribution in [0.15, 0.2) is 255 Å². The summed E-state index contributed by atoms with van der Waals surface area (Å²) in [6.07, 6.45) is 0. The van der Waals surface area contributed by atoms with Crippen LogP contribution in [0.5, 0.6) is 0 Å². The van der Waals surface area contributed by atoms with Crippen molar-refractivity contribution in [2.45, 2.75) is 0 Å². The number of benzene rings is 9. The molecule has 6 heteroatoms. The van der Waals surface area contributed by atoms with Gasteiger partial charge in [0, 0.05) is 30.6 Å². The molecule has 0 aliphatic carbocycles. The third kappa shape index (κ3) is 8.93. The summed E-state index contributed by atoms with van der Waals surface area (Å²) < 4.78 is 0. The van der Waals surface area contributed by atoms with E-state index in [9.17, 15) is 0 Å². The zero-order valence-corrected chi connectivity index (χ0v) is 41.0. The molecule has 0 fully saturated rings. The second-order valence-corrected chi connectivity index (χ2v) is 19.8. The van der Waals surface area contributed by atoms with Crippen molar-refractivity contribution in [3.63, 3.8) is 0 Å². The second-order valence-electron chi connectivity index (χ2n) is 17.6. The number of anilines is 4. The van der Waals surface area contributed by atoms with Gasteiger partial charge in [0.1, 0.15) is 0 Å². The maximum atomic E-state index is 6.96. The summed E-state index contributed by atoms with van der Waals surface area (Å²) >= 11 is 3.23. The molecule has 9 aromatic carbocycles. The summed E-state index contributed by atoms with van der Waals surface area (Å²) in [5, 5.41) is 0. The van der Waals surface area contributed by atoms with Crippen LogP contribution < -0.4 is 22.9 Å². The third-order valence-electron chi connectivity index (χ3n) is 13.2. The van der Waals surface area contributed by atoms with Gasteiger partial charge in [0.05, 0.1) is 22.7 Å². The normalized spacial score (nSPS) is 11.0. The van der Waals surface area contributed by atoms with E-state index in [1.54, 1.807) is 22.7 Å². The van der Waals surface area contributed by atoms with Gasteiger partial charge in [0.2, 0.25) is 0 Å². The monoisotopic (exact) mass is 962 g/mol. The fraction of sp³-hybridized carbons (Fsp3) is 0. The molecule has 4 nitrogen and oxygen atoms in total. The van der Waals surface area contributed by atoms with E-state index in [-0.39, 0.29) is 0 Å². The molecule has 0 radical (unpaired) electrons. The van der Waals surface area contributed by atoms with Crippen molar-refractivity contribution in [3.05, 3.63) is 299 Å². The second kappa shape index (κ2) is 20.2. The third-order valence-corrected chi connectivity index (χ3v) is 15.5. The highest BCUT2D eigenvalue weighted by Crippen LogP contribution is 2.51. The minimum Gasteiger partial charge on any atom is -0.396 e. The summed E-state index contributed by atoms with van der Waals surface area (Å²) in [4.78, 5) is 3.94. The molecule has 2 heterocycles. The molecule has 72 heavy (non-hydrogen) atoms. The Kier molecular flexibility index (Phi) is 12.8. The Balaban J connectivity index is 0.902. The van der Waals surface area contributed by atoms with E-state index in [1.165, 1.54) is 11.1 Å². The van der Waals surface area contributed by atoms with Gasteiger partial charge in [-0.15, -0.1) is 22.7 Å². The van der Waals surface area contributed by atoms with E-state index in [2.05, 4.69) is 255 Å². The predicted octanol–water partition coefficient (Wildman–Crippen LogP) is 16.8. The molecule has 0 amide bonds. The summed E-state index contributed by atoms with van der Waals surface area (Å²) in [5.41, 5.74) is 46.8. The number of nitrogens with two attached hydrogens (primary N) is 4. The van der Waals surface area contributed by atoms with Crippen molar-refractivity contribution in [2.24, 2.45) is 0 Å². The molecular weight excluding hydrogens is 913 g/mol. The average molecular weight is 963 g/mol. The van der Waals surface area contributed by atoms with Crippen LogP contribution in [0.1, 0.15) is 44.5 Å². The first-order chi connectivity index (χ1) is 35.4. The van der Waals surface area contributed by atoms with Crippen LogP contribution >= 0.6 is 22.7 Å². The molecule has 346 valence electrons. The van der Waals surface area contributed by atoms with E-state index in [0.29, 0.717) is 33.9 Å². The van der Waals surface area contributed by atoms with Crippen LogP contribution in [0, 0.1) is 0 Å². The Morgan fingerprint density at radius 1 is 0.208 bits per heavy atom. The lowest BCUT2D eigenvalue weighted by molar-refractivity contribution is 1.50. The van der Waals surface area contributed by atoms with Gasteiger partial charge in [-0.25, -0.2) is 0 Å². The molecule has 0 spiro atoms. The van der Waals surface area contributed by atoms with Crippen LogP contribution in [-0.4, -0.2) is 0 Å². The minimum atomic E-state index is 0.416. The topological polar surface area (TPSA) is 104 Å². The Morgan fingerprint density at radius 2 is 0.403 bits per heavy atom. The SMILES string of the molecule is Nc1c(N)c(-c2ccc(-c3ccc(C(=C(c4ccccc4)c4ccccc4)c4ccccc4)cc3)s2)c(N)c(N)c1-c1ccc(-c2ccc(C(=C(c3ccccc3)c3ccccc3)c3ccccc3)cc2)s1. The smallest absolute Gasteiger partial charge is 0.0665 e. The van der Waals surface area contributed by atoms with Crippen LogP contribution in [0.4, 0.5) is 22.7 Å². The zero-order valence-electron chi connectivity index (χ0n) is 39.4. The number of hydrogen-bond donors (Lipinski definition) is 4. The van der Waals surface area contributed by atoms with Gasteiger partial charge in [0.15, 0.2) is 0 Å². The maximum absolute atomic E-state index is 6.96.